The van der Waals surface area contributed by atoms with Gasteiger partial charge >= 0.3 is 0 Å². The fraction of sp³-hybridized carbons (Fsp3) is 0.241. The zero-order valence-electron chi connectivity index (χ0n) is 20.5. The number of ketones is 1. The standard InChI is InChI=1S/C29H29NO5/c1-17(2)35-22-13-11-20(12-14-22)25-24(26(31)23-16-18(3)15-19(4)28(23)34-5)27(32)29(33)30(25)21-9-7-6-8-10-21/h6-17,25,31H,1-5H3/b26-24+. The molecule has 6 heteroatoms. The summed E-state index contributed by atoms with van der Waals surface area (Å²) in [5.74, 6) is -0.582. The van der Waals surface area contributed by atoms with Gasteiger partial charge in [0.1, 0.15) is 17.3 Å². The van der Waals surface area contributed by atoms with Crippen LogP contribution in [0.4, 0.5) is 5.69 Å². The molecule has 1 N–H and O–H groups in total. The number of methoxy groups -OCH3 is 1. The molecule has 0 spiro atoms. The van der Waals surface area contributed by atoms with Gasteiger partial charge in [0.25, 0.3) is 11.7 Å². The van der Waals surface area contributed by atoms with Crippen LogP contribution in [0.5, 0.6) is 11.5 Å². The summed E-state index contributed by atoms with van der Waals surface area (Å²) in [6, 6.07) is 19.1. The number of Topliss-reactive ketones (excluding diaryl/α,β-unsaturated/α-hetero) is 1. The molecule has 1 aliphatic heterocycles. The van der Waals surface area contributed by atoms with Gasteiger partial charge in [0.2, 0.25) is 0 Å². The van der Waals surface area contributed by atoms with E-state index >= 15 is 0 Å². The summed E-state index contributed by atoms with van der Waals surface area (Å²) >= 11 is 0. The van der Waals surface area contributed by atoms with Crippen molar-refractivity contribution in [1.29, 1.82) is 0 Å². The number of hydrogen-bond donors (Lipinski definition) is 1. The lowest BCUT2D eigenvalue weighted by molar-refractivity contribution is -0.132. The highest BCUT2D eigenvalue weighted by Gasteiger charge is 2.47. The van der Waals surface area contributed by atoms with E-state index < -0.39 is 17.7 Å². The number of benzene rings is 3. The van der Waals surface area contributed by atoms with Crippen LogP contribution in [0.25, 0.3) is 5.76 Å². The third-order valence-electron chi connectivity index (χ3n) is 5.92. The lowest BCUT2D eigenvalue weighted by Gasteiger charge is -2.26. The number of para-hydroxylation sites is 1. The number of aliphatic hydroxyl groups excluding tert-OH is 1. The predicted molar refractivity (Wildman–Crippen MR) is 136 cm³/mol. The van der Waals surface area contributed by atoms with E-state index in [1.165, 1.54) is 12.0 Å². The van der Waals surface area contributed by atoms with Gasteiger partial charge in [-0.1, -0.05) is 36.4 Å². The topological polar surface area (TPSA) is 76.1 Å². The molecule has 0 radical (unpaired) electrons. The molecule has 0 bridgehead atoms. The molecule has 3 aromatic carbocycles. The van der Waals surface area contributed by atoms with Crippen LogP contribution in [-0.4, -0.2) is 30.0 Å². The second kappa shape index (κ2) is 9.66. The van der Waals surface area contributed by atoms with Crippen molar-refractivity contribution >= 4 is 23.1 Å². The third kappa shape index (κ3) is 4.52. The van der Waals surface area contributed by atoms with Crippen molar-refractivity contribution in [3.8, 4) is 11.5 Å². The van der Waals surface area contributed by atoms with Crippen molar-refractivity contribution in [2.24, 2.45) is 0 Å². The van der Waals surface area contributed by atoms with E-state index in [1.54, 1.807) is 42.5 Å². The Kier molecular flexibility index (Phi) is 6.65. The van der Waals surface area contributed by atoms with Gasteiger partial charge in [-0.15, -0.1) is 0 Å². The van der Waals surface area contributed by atoms with Crippen LogP contribution in [0.15, 0.2) is 72.3 Å². The first-order valence-electron chi connectivity index (χ1n) is 11.5. The maximum Gasteiger partial charge on any atom is 0.300 e. The Morgan fingerprint density at radius 3 is 2.23 bits per heavy atom. The molecule has 1 amide bonds. The van der Waals surface area contributed by atoms with Gasteiger partial charge in [0, 0.05) is 5.69 Å². The van der Waals surface area contributed by atoms with Crippen molar-refractivity contribution in [2.45, 2.75) is 39.8 Å². The summed E-state index contributed by atoms with van der Waals surface area (Å²) in [5.41, 5.74) is 3.34. The molecule has 1 saturated heterocycles. The maximum absolute atomic E-state index is 13.4. The first-order chi connectivity index (χ1) is 16.7. The smallest absolute Gasteiger partial charge is 0.300 e. The molecule has 1 atom stereocenters. The summed E-state index contributed by atoms with van der Waals surface area (Å²) < 4.78 is 11.3. The molecule has 0 aliphatic carbocycles. The Hall–Kier alpha value is -4.06. The highest BCUT2D eigenvalue weighted by atomic mass is 16.5. The zero-order valence-corrected chi connectivity index (χ0v) is 20.5. The number of ether oxygens (including phenoxy) is 2. The largest absolute Gasteiger partial charge is 0.507 e. The lowest BCUT2D eigenvalue weighted by Crippen LogP contribution is -2.29. The Morgan fingerprint density at radius 1 is 0.971 bits per heavy atom. The summed E-state index contributed by atoms with van der Waals surface area (Å²) in [5, 5.41) is 11.5. The lowest BCUT2D eigenvalue weighted by atomic mass is 9.93. The molecule has 35 heavy (non-hydrogen) atoms. The third-order valence-corrected chi connectivity index (χ3v) is 5.92. The van der Waals surface area contributed by atoms with E-state index in [-0.39, 0.29) is 17.4 Å². The van der Waals surface area contributed by atoms with Crippen molar-refractivity contribution in [2.75, 3.05) is 12.0 Å². The Labute approximate surface area is 205 Å². The van der Waals surface area contributed by atoms with Crippen LogP contribution in [0, 0.1) is 13.8 Å². The number of carbonyl (C=O) groups excluding carboxylic acids is 2. The Morgan fingerprint density at radius 2 is 1.63 bits per heavy atom. The van der Waals surface area contributed by atoms with Gasteiger partial charge in [-0.05, 0) is 74.7 Å². The average molecular weight is 472 g/mol. The first kappa shape index (κ1) is 24.1. The van der Waals surface area contributed by atoms with Gasteiger partial charge < -0.3 is 14.6 Å². The minimum absolute atomic E-state index is 0.00725. The molecule has 4 rings (SSSR count). The van der Waals surface area contributed by atoms with E-state index in [1.807, 2.05) is 52.0 Å². The van der Waals surface area contributed by atoms with E-state index in [0.717, 1.165) is 11.1 Å². The molecule has 0 aromatic heterocycles. The molecule has 1 unspecified atom stereocenters. The van der Waals surface area contributed by atoms with Gasteiger partial charge in [-0.2, -0.15) is 0 Å². The van der Waals surface area contributed by atoms with Crippen LogP contribution in [0.2, 0.25) is 0 Å². The van der Waals surface area contributed by atoms with Gasteiger partial charge in [0.15, 0.2) is 0 Å². The molecule has 0 saturated carbocycles. The number of anilines is 1. The fourth-order valence-corrected chi connectivity index (χ4v) is 4.55. The predicted octanol–water partition coefficient (Wildman–Crippen LogP) is 5.73. The number of aryl methyl sites for hydroxylation is 2. The van der Waals surface area contributed by atoms with Gasteiger partial charge in [0.05, 0.1) is 30.4 Å². The van der Waals surface area contributed by atoms with E-state index in [2.05, 4.69) is 0 Å². The zero-order chi connectivity index (χ0) is 25.3. The molecule has 1 heterocycles. The van der Waals surface area contributed by atoms with Crippen LogP contribution < -0.4 is 14.4 Å². The Bertz CT molecular complexity index is 1290. The summed E-state index contributed by atoms with van der Waals surface area (Å²) in [7, 11) is 1.52. The Balaban J connectivity index is 1.95. The highest BCUT2D eigenvalue weighted by molar-refractivity contribution is 6.51. The average Bonchev–Trinajstić information content (AvgIpc) is 3.09. The van der Waals surface area contributed by atoms with E-state index in [9.17, 15) is 14.7 Å². The second-order valence-electron chi connectivity index (χ2n) is 8.90. The van der Waals surface area contributed by atoms with Gasteiger partial charge in [-0.3, -0.25) is 14.5 Å². The maximum atomic E-state index is 13.4. The number of hydrogen-bond acceptors (Lipinski definition) is 5. The number of rotatable bonds is 6. The minimum atomic E-state index is -0.823. The van der Waals surface area contributed by atoms with E-state index in [4.69, 9.17) is 9.47 Å². The van der Waals surface area contributed by atoms with Crippen LogP contribution >= 0.6 is 0 Å². The van der Waals surface area contributed by atoms with Crippen molar-refractivity contribution < 1.29 is 24.2 Å². The molecule has 3 aromatic rings. The molecule has 180 valence electrons. The number of nitrogens with zero attached hydrogens (tertiary/aromatic N) is 1. The number of aliphatic hydroxyl groups is 1. The van der Waals surface area contributed by atoms with Gasteiger partial charge in [-0.25, -0.2) is 0 Å². The summed E-state index contributed by atoms with van der Waals surface area (Å²) in [6.07, 6.45) is 0.00725. The minimum Gasteiger partial charge on any atom is -0.507 e. The second-order valence-corrected chi connectivity index (χ2v) is 8.90. The van der Waals surface area contributed by atoms with Crippen molar-refractivity contribution in [1.82, 2.24) is 0 Å². The molecule has 6 nitrogen and oxygen atoms in total. The van der Waals surface area contributed by atoms with Crippen LogP contribution in [0.3, 0.4) is 0 Å². The number of amides is 1. The molecular formula is C29H29NO5. The molecule has 1 fully saturated rings. The van der Waals surface area contributed by atoms with Crippen molar-refractivity contribution in [3.05, 3.63) is 94.6 Å². The summed E-state index contributed by atoms with van der Waals surface area (Å²) in [6.45, 7) is 7.65. The SMILES string of the molecule is COc1c(C)cc(C)cc1/C(O)=C1\C(=O)C(=O)N(c2ccccc2)C1c1ccc(OC(C)C)cc1. The molecular weight excluding hydrogens is 442 g/mol. The monoisotopic (exact) mass is 471 g/mol. The van der Waals surface area contributed by atoms with Crippen LogP contribution in [0.1, 0.15) is 42.1 Å². The summed E-state index contributed by atoms with van der Waals surface area (Å²) in [4.78, 5) is 28.1. The number of carbonyl (C=O) groups is 2. The first-order valence-corrected chi connectivity index (χ1v) is 11.5. The fourth-order valence-electron chi connectivity index (χ4n) is 4.55. The van der Waals surface area contributed by atoms with Crippen LogP contribution in [-0.2, 0) is 9.59 Å². The molecule has 1 aliphatic rings. The quantitative estimate of drug-likeness (QED) is 0.282. The highest BCUT2D eigenvalue weighted by Crippen LogP contribution is 2.44. The van der Waals surface area contributed by atoms with E-state index in [0.29, 0.717) is 28.3 Å². The normalized spacial score (nSPS) is 17.2. The van der Waals surface area contributed by atoms with Crippen molar-refractivity contribution in [3.63, 3.8) is 0 Å².